The third-order valence-electron chi connectivity index (χ3n) is 5.19. The van der Waals surface area contributed by atoms with Gasteiger partial charge in [0.05, 0.1) is 7.11 Å². The lowest BCUT2D eigenvalue weighted by Crippen LogP contribution is -2.29. The smallest absolute Gasteiger partial charge is 0.118 e. The molecule has 3 nitrogen and oxygen atoms in total. The summed E-state index contributed by atoms with van der Waals surface area (Å²) in [6.07, 6.45) is 8.61. The Kier molecular flexibility index (Phi) is 9.85. The van der Waals surface area contributed by atoms with Crippen LogP contribution in [0.5, 0.6) is 5.75 Å². The van der Waals surface area contributed by atoms with Crippen LogP contribution in [0.1, 0.15) is 30.5 Å². The van der Waals surface area contributed by atoms with Gasteiger partial charge in [0.25, 0.3) is 0 Å². The highest BCUT2D eigenvalue weighted by Gasteiger charge is 2.16. The molecule has 2 aromatic rings. The van der Waals surface area contributed by atoms with Crippen LogP contribution in [0.25, 0.3) is 5.57 Å². The molecule has 1 N–H and O–H groups in total. The van der Waals surface area contributed by atoms with Crippen molar-refractivity contribution < 1.29 is 9.84 Å². The van der Waals surface area contributed by atoms with Crippen molar-refractivity contribution in [2.75, 3.05) is 26.8 Å². The molecule has 2 aromatic carbocycles. The number of methoxy groups -OCH3 is 1. The van der Waals surface area contributed by atoms with Crippen molar-refractivity contribution in [1.82, 2.24) is 4.90 Å². The summed E-state index contributed by atoms with van der Waals surface area (Å²) >= 11 is 0. The Hall–Kier alpha value is -2.88. The van der Waals surface area contributed by atoms with Gasteiger partial charge in [-0.1, -0.05) is 79.9 Å². The first-order valence-electron chi connectivity index (χ1n) is 10.3. The number of allylic oxidation sites excluding steroid dienone is 5. The minimum atomic E-state index is 0.176. The molecule has 0 aliphatic carbocycles. The highest BCUT2D eigenvalue weighted by atomic mass is 16.5. The van der Waals surface area contributed by atoms with Gasteiger partial charge < -0.3 is 9.84 Å². The van der Waals surface area contributed by atoms with E-state index in [2.05, 4.69) is 55.3 Å². The van der Waals surface area contributed by atoms with E-state index in [1.807, 2.05) is 42.5 Å². The number of rotatable bonds is 12. The number of hydrogen-bond donors (Lipinski definition) is 1. The van der Waals surface area contributed by atoms with Gasteiger partial charge in [-0.05, 0) is 47.8 Å². The van der Waals surface area contributed by atoms with E-state index in [-0.39, 0.29) is 12.6 Å². The topological polar surface area (TPSA) is 32.7 Å². The second kappa shape index (κ2) is 12.6. The number of aliphatic hydroxyl groups excluding tert-OH is 1. The lowest BCUT2D eigenvalue weighted by molar-refractivity contribution is 0.199. The van der Waals surface area contributed by atoms with Crippen LogP contribution < -0.4 is 4.74 Å². The van der Waals surface area contributed by atoms with E-state index in [9.17, 15) is 5.11 Å². The van der Waals surface area contributed by atoms with Crippen LogP contribution in [-0.4, -0.2) is 36.8 Å². The van der Waals surface area contributed by atoms with Crippen LogP contribution in [0, 0.1) is 0 Å². The second-order valence-corrected chi connectivity index (χ2v) is 7.07. The fourth-order valence-corrected chi connectivity index (χ4v) is 3.43. The minimum Gasteiger partial charge on any atom is -0.497 e. The molecule has 0 spiro atoms. The number of benzene rings is 2. The van der Waals surface area contributed by atoms with Gasteiger partial charge in [0.1, 0.15) is 5.75 Å². The first-order valence-corrected chi connectivity index (χ1v) is 10.3. The number of nitrogens with zero attached hydrogens (tertiary/aromatic N) is 1. The molecule has 0 saturated heterocycles. The van der Waals surface area contributed by atoms with Crippen molar-refractivity contribution in [3.8, 4) is 5.75 Å². The Labute approximate surface area is 181 Å². The van der Waals surface area contributed by atoms with E-state index >= 15 is 0 Å². The van der Waals surface area contributed by atoms with E-state index in [4.69, 9.17) is 4.74 Å². The normalized spacial score (nSPS) is 13.2. The van der Waals surface area contributed by atoms with Crippen LogP contribution in [0.15, 0.2) is 97.6 Å². The third kappa shape index (κ3) is 6.58. The Bertz CT molecular complexity index is 850. The van der Waals surface area contributed by atoms with E-state index in [1.165, 1.54) is 5.56 Å². The standard InChI is InChI=1S/C27H33NO2/c1-5-11-23(6-2)27(25-12-8-7-9-13-25)18-20-28(19-10-21-29)22(3)24-14-16-26(30-4)17-15-24/h5-9,11-18,22,29H,1-2,10,19-21H2,3-4H3/b23-11+,27-18-. The van der Waals surface area contributed by atoms with Gasteiger partial charge in [0, 0.05) is 25.7 Å². The molecule has 0 bridgehead atoms. The average molecular weight is 404 g/mol. The predicted octanol–water partition coefficient (Wildman–Crippen LogP) is 5.82. The zero-order valence-corrected chi connectivity index (χ0v) is 18.1. The molecule has 30 heavy (non-hydrogen) atoms. The van der Waals surface area contributed by atoms with Crippen LogP contribution in [0.2, 0.25) is 0 Å². The molecule has 0 saturated carbocycles. The fraction of sp³-hybridized carbons (Fsp3) is 0.259. The minimum absolute atomic E-state index is 0.176. The van der Waals surface area contributed by atoms with E-state index in [0.29, 0.717) is 0 Å². The Morgan fingerprint density at radius 1 is 1.10 bits per heavy atom. The molecule has 0 radical (unpaired) electrons. The summed E-state index contributed by atoms with van der Waals surface area (Å²) in [5, 5.41) is 9.40. The summed E-state index contributed by atoms with van der Waals surface area (Å²) < 4.78 is 5.28. The Balaban J connectivity index is 2.34. The summed E-state index contributed by atoms with van der Waals surface area (Å²) in [6, 6.07) is 18.7. The lowest BCUT2D eigenvalue weighted by Gasteiger charge is -2.29. The average Bonchev–Trinajstić information content (AvgIpc) is 2.80. The van der Waals surface area contributed by atoms with E-state index in [1.54, 1.807) is 13.2 Å². The predicted molar refractivity (Wildman–Crippen MR) is 128 cm³/mol. The lowest BCUT2D eigenvalue weighted by atomic mass is 9.96. The molecular formula is C27H33NO2. The van der Waals surface area contributed by atoms with Gasteiger partial charge in [-0.2, -0.15) is 0 Å². The van der Waals surface area contributed by atoms with Gasteiger partial charge >= 0.3 is 0 Å². The van der Waals surface area contributed by atoms with Crippen molar-refractivity contribution in [2.45, 2.75) is 19.4 Å². The van der Waals surface area contributed by atoms with E-state index in [0.717, 1.165) is 42.0 Å². The first-order chi connectivity index (χ1) is 14.6. The molecule has 158 valence electrons. The van der Waals surface area contributed by atoms with Crippen molar-refractivity contribution in [2.24, 2.45) is 0 Å². The number of ether oxygens (including phenoxy) is 1. The summed E-state index contributed by atoms with van der Waals surface area (Å²) in [7, 11) is 1.68. The highest BCUT2D eigenvalue weighted by molar-refractivity contribution is 5.82. The van der Waals surface area contributed by atoms with Gasteiger partial charge in [-0.15, -0.1) is 0 Å². The second-order valence-electron chi connectivity index (χ2n) is 7.07. The van der Waals surface area contributed by atoms with Gasteiger partial charge in [0.2, 0.25) is 0 Å². The third-order valence-corrected chi connectivity index (χ3v) is 5.19. The van der Waals surface area contributed by atoms with Gasteiger partial charge in [-0.3, -0.25) is 4.90 Å². The molecular weight excluding hydrogens is 370 g/mol. The molecule has 0 heterocycles. The van der Waals surface area contributed by atoms with Crippen molar-refractivity contribution in [3.63, 3.8) is 0 Å². The molecule has 0 aliphatic heterocycles. The maximum atomic E-state index is 9.40. The summed E-state index contributed by atoms with van der Waals surface area (Å²) in [6.45, 7) is 11.8. The van der Waals surface area contributed by atoms with E-state index < -0.39 is 0 Å². The van der Waals surface area contributed by atoms with Crippen molar-refractivity contribution in [1.29, 1.82) is 0 Å². The quantitative estimate of drug-likeness (QED) is 0.453. The Morgan fingerprint density at radius 3 is 2.37 bits per heavy atom. The maximum Gasteiger partial charge on any atom is 0.118 e. The van der Waals surface area contributed by atoms with Crippen LogP contribution >= 0.6 is 0 Å². The molecule has 1 atom stereocenters. The maximum absolute atomic E-state index is 9.40. The van der Waals surface area contributed by atoms with Crippen LogP contribution in [0.3, 0.4) is 0 Å². The molecule has 0 aliphatic rings. The van der Waals surface area contributed by atoms with Crippen molar-refractivity contribution in [3.05, 3.63) is 109 Å². The number of hydrogen-bond acceptors (Lipinski definition) is 3. The van der Waals surface area contributed by atoms with Crippen LogP contribution in [-0.2, 0) is 0 Å². The van der Waals surface area contributed by atoms with Crippen LogP contribution in [0.4, 0.5) is 0 Å². The number of aliphatic hydroxyl groups is 1. The molecule has 0 aromatic heterocycles. The summed E-state index contributed by atoms with van der Waals surface area (Å²) in [5.41, 5.74) is 4.52. The fourth-order valence-electron chi connectivity index (χ4n) is 3.43. The zero-order chi connectivity index (χ0) is 21.8. The van der Waals surface area contributed by atoms with Gasteiger partial charge in [-0.25, -0.2) is 0 Å². The molecule has 1 unspecified atom stereocenters. The largest absolute Gasteiger partial charge is 0.497 e. The summed E-state index contributed by atoms with van der Waals surface area (Å²) in [5.74, 6) is 0.851. The van der Waals surface area contributed by atoms with Crippen molar-refractivity contribution >= 4 is 5.57 Å². The van der Waals surface area contributed by atoms with Gasteiger partial charge in [0.15, 0.2) is 0 Å². The highest BCUT2D eigenvalue weighted by Crippen LogP contribution is 2.27. The molecule has 0 fully saturated rings. The molecule has 2 rings (SSSR count). The zero-order valence-electron chi connectivity index (χ0n) is 18.1. The molecule has 3 heteroatoms. The first kappa shape index (κ1) is 23.4. The molecule has 0 amide bonds. The monoisotopic (exact) mass is 403 g/mol. The summed E-state index contributed by atoms with van der Waals surface area (Å²) in [4.78, 5) is 2.37. The Morgan fingerprint density at radius 2 is 1.80 bits per heavy atom. The SMILES string of the molecule is C=C/C=C(C=C)/C(=C/CN(CCCO)C(C)c1ccc(OC)cc1)c1ccccc1.